The Kier molecular flexibility index (Phi) is 5.64. The second-order valence-corrected chi connectivity index (χ2v) is 8.29. The quantitative estimate of drug-likeness (QED) is 0.810. The summed E-state index contributed by atoms with van der Waals surface area (Å²) in [6.07, 6.45) is 1.36. The third-order valence-corrected chi connectivity index (χ3v) is 6.52. The van der Waals surface area contributed by atoms with Crippen LogP contribution in [-0.2, 0) is 22.6 Å². The Morgan fingerprint density at radius 3 is 2.89 bits per heavy atom. The summed E-state index contributed by atoms with van der Waals surface area (Å²) in [5.41, 5.74) is 2.22. The lowest BCUT2D eigenvalue weighted by Crippen LogP contribution is -2.40. The molecule has 0 radical (unpaired) electrons. The molecular formula is C21H25N3O3S. The van der Waals surface area contributed by atoms with E-state index in [0.29, 0.717) is 13.1 Å². The van der Waals surface area contributed by atoms with Crippen LogP contribution in [-0.4, -0.2) is 50.0 Å². The van der Waals surface area contributed by atoms with E-state index in [0.717, 1.165) is 37.5 Å². The Bertz CT molecular complexity index is 849. The number of nitrogens with one attached hydrogen (secondary N) is 1. The minimum Gasteiger partial charge on any atom is -0.497 e. The fourth-order valence-electron chi connectivity index (χ4n) is 3.87. The number of amides is 2. The summed E-state index contributed by atoms with van der Waals surface area (Å²) in [6.45, 7) is 3.88. The molecule has 1 aromatic carbocycles. The normalized spacial score (nSPS) is 19.5. The topological polar surface area (TPSA) is 61.9 Å². The molecule has 1 atom stereocenters. The molecule has 1 fully saturated rings. The minimum atomic E-state index is -0.292. The second kappa shape index (κ2) is 8.32. The number of benzene rings is 1. The molecule has 0 bridgehead atoms. The van der Waals surface area contributed by atoms with Crippen molar-refractivity contribution in [3.63, 3.8) is 0 Å². The number of nitrogens with zero attached hydrogens (tertiary/aromatic N) is 2. The van der Waals surface area contributed by atoms with E-state index in [1.165, 1.54) is 10.4 Å². The van der Waals surface area contributed by atoms with Crippen molar-refractivity contribution in [2.75, 3.05) is 38.2 Å². The van der Waals surface area contributed by atoms with E-state index in [2.05, 4.69) is 21.7 Å². The summed E-state index contributed by atoms with van der Waals surface area (Å²) in [4.78, 5) is 30.5. The highest BCUT2D eigenvalue weighted by Gasteiger charge is 2.35. The maximum atomic E-state index is 12.5. The van der Waals surface area contributed by atoms with Crippen molar-refractivity contribution in [2.24, 2.45) is 5.92 Å². The first-order valence-electron chi connectivity index (χ1n) is 9.64. The van der Waals surface area contributed by atoms with Gasteiger partial charge in [0.25, 0.3) is 0 Å². The zero-order valence-electron chi connectivity index (χ0n) is 16.0. The van der Waals surface area contributed by atoms with Gasteiger partial charge in [-0.05, 0) is 47.7 Å². The van der Waals surface area contributed by atoms with Crippen molar-refractivity contribution >= 4 is 28.8 Å². The van der Waals surface area contributed by atoms with E-state index < -0.39 is 0 Å². The molecule has 3 heterocycles. The van der Waals surface area contributed by atoms with Crippen LogP contribution in [0.3, 0.4) is 0 Å². The summed E-state index contributed by atoms with van der Waals surface area (Å²) in [6, 6.07) is 9.56. The number of thiophene rings is 1. The number of carbonyl (C=O) groups is 2. The van der Waals surface area contributed by atoms with Crippen molar-refractivity contribution < 1.29 is 14.3 Å². The highest BCUT2D eigenvalue weighted by molar-refractivity contribution is 7.10. The zero-order valence-corrected chi connectivity index (χ0v) is 16.8. The maximum absolute atomic E-state index is 12.5. The molecule has 7 heteroatoms. The maximum Gasteiger partial charge on any atom is 0.227 e. The molecule has 1 N–H and O–H groups in total. The summed E-state index contributed by atoms with van der Waals surface area (Å²) in [5.74, 6) is 0.417. The lowest BCUT2D eigenvalue weighted by Gasteiger charge is -2.26. The first-order valence-corrected chi connectivity index (χ1v) is 10.5. The van der Waals surface area contributed by atoms with Crippen LogP contribution in [0.2, 0.25) is 0 Å². The van der Waals surface area contributed by atoms with E-state index in [4.69, 9.17) is 4.74 Å². The molecule has 0 spiro atoms. The Hall–Kier alpha value is -2.38. The average molecular weight is 400 g/mol. The molecule has 1 saturated heterocycles. The molecule has 28 heavy (non-hydrogen) atoms. The van der Waals surface area contributed by atoms with E-state index in [1.807, 2.05) is 35.6 Å². The van der Waals surface area contributed by atoms with Crippen LogP contribution in [0, 0.1) is 5.92 Å². The molecule has 2 aliphatic rings. The number of methoxy groups -OCH3 is 1. The molecule has 4 rings (SSSR count). The van der Waals surface area contributed by atoms with Crippen LogP contribution in [0.15, 0.2) is 35.7 Å². The van der Waals surface area contributed by atoms with Crippen molar-refractivity contribution in [1.29, 1.82) is 0 Å². The number of anilines is 1. The van der Waals surface area contributed by atoms with E-state index in [1.54, 1.807) is 12.0 Å². The van der Waals surface area contributed by atoms with Crippen molar-refractivity contribution in [1.82, 2.24) is 10.2 Å². The number of rotatable bonds is 6. The Balaban J connectivity index is 1.25. The molecular weight excluding hydrogens is 374 g/mol. The van der Waals surface area contributed by atoms with Gasteiger partial charge in [0.05, 0.1) is 13.0 Å². The van der Waals surface area contributed by atoms with E-state index in [-0.39, 0.29) is 24.2 Å². The predicted molar refractivity (Wildman–Crippen MR) is 110 cm³/mol. The SMILES string of the molecule is COc1ccc(N2C[C@@H](C(=O)NCCN3CCc4sccc4C3)CC2=O)cc1. The minimum absolute atomic E-state index is 0.00802. The molecule has 0 unspecified atom stereocenters. The van der Waals surface area contributed by atoms with Crippen LogP contribution in [0.5, 0.6) is 5.75 Å². The average Bonchev–Trinajstić information content (AvgIpc) is 3.34. The smallest absolute Gasteiger partial charge is 0.227 e. The summed E-state index contributed by atoms with van der Waals surface area (Å²) >= 11 is 1.83. The number of ether oxygens (including phenoxy) is 1. The second-order valence-electron chi connectivity index (χ2n) is 7.29. The molecule has 2 aromatic rings. The Morgan fingerprint density at radius 2 is 2.11 bits per heavy atom. The first-order chi connectivity index (χ1) is 13.6. The van der Waals surface area contributed by atoms with Gasteiger partial charge in [0, 0.05) is 49.7 Å². The van der Waals surface area contributed by atoms with Gasteiger partial charge in [0.2, 0.25) is 11.8 Å². The number of hydrogen-bond acceptors (Lipinski definition) is 5. The third-order valence-electron chi connectivity index (χ3n) is 5.49. The van der Waals surface area contributed by atoms with Gasteiger partial charge >= 0.3 is 0 Å². The van der Waals surface area contributed by atoms with Crippen molar-refractivity contribution in [3.05, 3.63) is 46.2 Å². The Labute approximate surface area is 169 Å². The fourth-order valence-corrected chi connectivity index (χ4v) is 4.76. The lowest BCUT2D eigenvalue weighted by molar-refractivity contribution is -0.126. The van der Waals surface area contributed by atoms with Gasteiger partial charge in [-0.2, -0.15) is 0 Å². The highest BCUT2D eigenvalue weighted by Crippen LogP contribution is 2.27. The summed E-state index contributed by atoms with van der Waals surface area (Å²) in [7, 11) is 1.61. The van der Waals surface area contributed by atoms with Gasteiger partial charge in [-0.1, -0.05) is 0 Å². The molecule has 2 aliphatic heterocycles. The zero-order chi connectivity index (χ0) is 19.5. The van der Waals surface area contributed by atoms with Crippen LogP contribution in [0.1, 0.15) is 16.9 Å². The molecule has 148 valence electrons. The standard InChI is InChI=1S/C21H25N3O3S/c1-27-18-4-2-17(3-5-18)24-14-16(12-20(24)25)21(26)22-8-10-23-9-6-19-15(13-23)7-11-28-19/h2-5,7,11,16H,6,8-10,12-14H2,1H3,(H,22,26)/t16-/m0/s1. The molecule has 0 aliphatic carbocycles. The van der Waals surface area contributed by atoms with E-state index >= 15 is 0 Å². The Morgan fingerprint density at radius 1 is 1.29 bits per heavy atom. The van der Waals surface area contributed by atoms with Gasteiger partial charge < -0.3 is 15.0 Å². The third kappa shape index (κ3) is 4.05. The first kappa shape index (κ1) is 19.0. The van der Waals surface area contributed by atoms with Crippen LogP contribution >= 0.6 is 11.3 Å². The predicted octanol–water partition coefficient (Wildman–Crippen LogP) is 2.28. The van der Waals surface area contributed by atoms with Gasteiger partial charge in [-0.3, -0.25) is 14.5 Å². The fraction of sp³-hybridized carbons (Fsp3) is 0.429. The monoisotopic (exact) mass is 399 g/mol. The van der Waals surface area contributed by atoms with Gasteiger partial charge in [-0.15, -0.1) is 11.3 Å². The lowest BCUT2D eigenvalue weighted by atomic mass is 10.1. The van der Waals surface area contributed by atoms with Crippen LogP contribution in [0.25, 0.3) is 0 Å². The van der Waals surface area contributed by atoms with Crippen LogP contribution in [0.4, 0.5) is 5.69 Å². The van der Waals surface area contributed by atoms with Crippen molar-refractivity contribution in [3.8, 4) is 5.75 Å². The number of carbonyl (C=O) groups excluding carboxylic acids is 2. The summed E-state index contributed by atoms with van der Waals surface area (Å²) < 4.78 is 5.16. The van der Waals surface area contributed by atoms with Gasteiger partial charge in [-0.25, -0.2) is 0 Å². The molecule has 2 amide bonds. The molecule has 6 nitrogen and oxygen atoms in total. The summed E-state index contributed by atoms with van der Waals surface area (Å²) in [5, 5.41) is 5.18. The van der Waals surface area contributed by atoms with Crippen molar-refractivity contribution in [2.45, 2.75) is 19.4 Å². The van der Waals surface area contributed by atoms with Gasteiger partial charge in [0.1, 0.15) is 5.75 Å². The van der Waals surface area contributed by atoms with Gasteiger partial charge in [0.15, 0.2) is 0 Å². The highest BCUT2D eigenvalue weighted by atomic mass is 32.1. The number of fused-ring (bicyclic) bond motifs is 1. The largest absolute Gasteiger partial charge is 0.497 e. The molecule has 1 aromatic heterocycles. The number of hydrogen-bond donors (Lipinski definition) is 1. The van der Waals surface area contributed by atoms with Crippen LogP contribution < -0.4 is 15.0 Å². The van der Waals surface area contributed by atoms with E-state index in [9.17, 15) is 9.59 Å². The molecule has 0 saturated carbocycles.